The fourth-order valence-corrected chi connectivity index (χ4v) is 2.91. The Balaban J connectivity index is 1.69. The lowest BCUT2D eigenvalue weighted by atomic mass is 10.1. The molecule has 0 fully saturated rings. The second-order valence-electron chi connectivity index (χ2n) is 7.46. The Kier molecular flexibility index (Phi) is 6.80. The fourth-order valence-electron chi connectivity index (χ4n) is 2.91. The maximum atomic E-state index is 12.7. The highest BCUT2D eigenvalue weighted by Gasteiger charge is 2.32. The number of benzene rings is 2. The largest absolute Gasteiger partial charge is 0.573 e. The molecule has 0 saturated heterocycles. The standard InChI is InChI=1S/C22H22F3N3O5/c1-4-31-19(29)21(2,3)32-17-9-5-15(6-10-17)13-28-20(30)27(14-26-28)16-7-11-18(12-8-16)33-22(23,24)25/h5-12,14H,4,13H2,1-3H3. The summed E-state index contributed by atoms with van der Waals surface area (Å²) in [6.45, 7) is 5.32. The van der Waals surface area contributed by atoms with Gasteiger partial charge in [-0.1, -0.05) is 12.1 Å². The van der Waals surface area contributed by atoms with Crippen LogP contribution < -0.4 is 15.2 Å². The minimum atomic E-state index is -4.79. The summed E-state index contributed by atoms with van der Waals surface area (Å²) < 4.78 is 53.8. The van der Waals surface area contributed by atoms with Gasteiger partial charge in [0.25, 0.3) is 0 Å². The van der Waals surface area contributed by atoms with Crippen molar-refractivity contribution in [3.05, 3.63) is 70.9 Å². The molecule has 3 aromatic rings. The van der Waals surface area contributed by atoms with Gasteiger partial charge in [-0.2, -0.15) is 5.10 Å². The maximum absolute atomic E-state index is 12.7. The van der Waals surface area contributed by atoms with Gasteiger partial charge in [0.05, 0.1) is 18.8 Å². The summed E-state index contributed by atoms with van der Waals surface area (Å²) in [6, 6.07) is 11.7. The molecule has 0 N–H and O–H groups in total. The monoisotopic (exact) mass is 465 g/mol. The fraction of sp³-hybridized carbons (Fsp3) is 0.318. The number of carbonyl (C=O) groups excluding carboxylic acids is 1. The van der Waals surface area contributed by atoms with Gasteiger partial charge in [0, 0.05) is 0 Å². The van der Waals surface area contributed by atoms with E-state index in [-0.39, 0.29) is 18.9 Å². The zero-order valence-electron chi connectivity index (χ0n) is 18.1. The molecule has 0 aliphatic carbocycles. The number of halogens is 3. The molecule has 0 atom stereocenters. The Hall–Kier alpha value is -3.76. The molecule has 1 aromatic heterocycles. The lowest BCUT2D eigenvalue weighted by Crippen LogP contribution is -2.39. The van der Waals surface area contributed by atoms with Gasteiger partial charge in [-0.05, 0) is 62.7 Å². The van der Waals surface area contributed by atoms with Gasteiger partial charge in [0.15, 0.2) is 5.60 Å². The molecule has 2 aromatic carbocycles. The van der Waals surface area contributed by atoms with Crippen LogP contribution >= 0.6 is 0 Å². The molecule has 0 aliphatic heterocycles. The summed E-state index contributed by atoms with van der Waals surface area (Å²) in [4.78, 5) is 24.6. The second kappa shape index (κ2) is 9.39. The Morgan fingerprint density at radius 1 is 0.970 bits per heavy atom. The zero-order valence-corrected chi connectivity index (χ0v) is 18.1. The van der Waals surface area contributed by atoms with Crippen LogP contribution in [0.5, 0.6) is 11.5 Å². The van der Waals surface area contributed by atoms with Crippen molar-refractivity contribution >= 4 is 5.97 Å². The minimum absolute atomic E-state index is 0.155. The predicted molar refractivity (Wildman–Crippen MR) is 111 cm³/mol. The first kappa shape index (κ1) is 23.9. The van der Waals surface area contributed by atoms with Gasteiger partial charge in [0.2, 0.25) is 0 Å². The van der Waals surface area contributed by atoms with E-state index in [1.165, 1.54) is 27.7 Å². The van der Waals surface area contributed by atoms with Crippen LogP contribution in [0.25, 0.3) is 5.69 Å². The van der Waals surface area contributed by atoms with Crippen molar-refractivity contribution in [2.24, 2.45) is 0 Å². The molecule has 0 aliphatic rings. The van der Waals surface area contributed by atoms with Crippen molar-refractivity contribution in [2.75, 3.05) is 6.61 Å². The number of hydrogen-bond acceptors (Lipinski definition) is 6. The Morgan fingerprint density at radius 3 is 2.12 bits per heavy atom. The molecular formula is C22H22F3N3O5. The third kappa shape index (κ3) is 6.15. The summed E-state index contributed by atoms with van der Waals surface area (Å²) >= 11 is 0. The molecule has 0 unspecified atom stereocenters. The van der Waals surface area contributed by atoms with E-state index in [1.54, 1.807) is 45.0 Å². The number of aromatic nitrogens is 3. The van der Waals surface area contributed by atoms with Crippen molar-refractivity contribution in [1.29, 1.82) is 0 Å². The van der Waals surface area contributed by atoms with Crippen molar-refractivity contribution in [3.63, 3.8) is 0 Å². The molecule has 3 rings (SSSR count). The summed E-state index contributed by atoms with van der Waals surface area (Å²) in [5, 5.41) is 4.06. The highest BCUT2D eigenvalue weighted by Crippen LogP contribution is 2.23. The van der Waals surface area contributed by atoms with E-state index in [4.69, 9.17) is 9.47 Å². The van der Waals surface area contributed by atoms with Crippen LogP contribution in [-0.2, 0) is 16.1 Å². The van der Waals surface area contributed by atoms with Gasteiger partial charge >= 0.3 is 18.0 Å². The molecule has 1 heterocycles. The predicted octanol–water partition coefficient (Wildman–Crippen LogP) is 3.70. The van der Waals surface area contributed by atoms with E-state index < -0.39 is 23.6 Å². The maximum Gasteiger partial charge on any atom is 0.573 e. The highest BCUT2D eigenvalue weighted by molar-refractivity contribution is 5.79. The molecular weight excluding hydrogens is 443 g/mol. The molecule has 0 amide bonds. The van der Waals surface area contributed by atoms with Crippen LogP contribution in [-0.4, -0.2) is 38.9 Å². The van der Waals surface area contributed by atoms with Gasteiger partial charge in [-0.3, -0.25) is 0 Å². The van der Waals surface area contributed by atoms with Gasteiger partial charge in [-0.15, -0.1) is 13.2 Å². The number of carbonyl (C=O) groups is 1. The summed E-state index contributed by atoms with van der Waals surface area (Å²) in [7, 11) is 0. The molecule has 8 nitrogen and oxygen atoms in total. The van der Waals surface area contributed by atoms with Crippen LogP contribution in [0.3, 0.4) is 0 Å². The topological polar surface area (TPSA) is 84.6 Å². The Labute approximate surface area is 187 Å². The van der Waals surface area contributed by atoms with Crippen molar-refractivity contribution in [1.82, 2.24) is 14.3 Å². The van der Waals surface area contributed by atoms with Gasteiger partial charge in [-0.25, -0.2) is 18.8 Å². The summed E-state index contributed by atoms with van der Waals surface area (Å²) in [5.41, 5.74) is -0.542. The smallest absolute Gasteiger partial charge is 0.476 e. The number of rotatable bonds is 8. The second-order valence-corrected chi connectivity index (χ2v) is 7.46. The Bertz CT molecular complexity index is 1150. The summed E-state index contributed by atoms with van der Waals surface area (Å²) in [6.07, 6.45) is -3.51. The van der Waals surface area contributed by atoms with Crippen LogP contribution in [0.2, 0.25) is 0 Å². The lowest BCUT2D eigenvalue weighted by molar-refractivity contribution is -0.274. The van der Waals surface area contributed by atoms with Crippen LogP contribution in [0.15, 0.2) is 59.7 Å². The number of esters is 1. The third-order valence-corrected chi connectivity index (χ3v) is 4.48. The first-order valence-electron chi connectivity index (χ1n) is 9.94. The molecule has 33 heavy (non-hydrogen) atoms. The number of nitrogens with zero attached hydrogens (tertiary/aromatic N) is 3. The molecule has 0 bridgehead atoms. The van der Waals surface area contributed by atoms with E-state index in [1.807, 2.05) is 0 Å². The average molecular weight is 465 g/mol. The van der Waals surface area contributed by atoms with E-state index in [2.05, 4.69) is 9.84 Å². The number of ether oxygens (including phenoxy) is 3. The van der Waals surface area contributed by atoms with Crippen LogP contribution in [0, 0.1) is 0 Å². The normalized spacial score (nSPS) is 11.8. The van der Waals surface area contributed by atoms with Crippen molar-refractivity contribution < 1.29 is 32.2 Å². The van der Waals surface area contributed by atoms with Crippen LogP contribution in [0.1, 0.15) is 26.3 Å². The highest BCUT2D eigenvalue weighted by atomic mass is 19.4. The van der Waals surface area contributed by atoms with Gasteiger partial charge < -0.3 is 14.2 Å². The molecule has 0 spiro atoms. The molecule has 0 saturated carbocycles. The SMILES string of the molecule is CCOC(=O)C(C)(C)Oc1ccc(Cn2ncn(-c3ccc(OC(F)(F)F)cc3)c2=O)cc1. The summed E-state index contributed by atoms with van der Waals surface area (Å²) in [5.74, 6) is -0.417. The minimum Gasteiger partial charge on any atom is -0.476 e. The average Bonchev–Trinajstić information content (AvgIpc) is 3.09. The molecule has 0 radical (unpaired) electrons. The Morgan fingerprint density at radius 2 is 1.55 bits per heavy atom. The van der Waals surface area contributed by atoms with E-state index >= 15 is 0 Å². The van der Waals surface area contributed by atoms with E-state index in [0.717, 1.165) is 17.7 Å². The first-order valence-corrected chi connectivity index (χ1v) is 9.94. The number of alkyl halides is 3. The first-order chi connectivity index (χ1) is 15.5. The number of hydrogen-bond donors (Lipinski definition) is 0. The van der Waals surface area contributed by atoms with E-state index in [0.29, 0.717) is 11.4 Å². The van der Waals surface area contributed by atoms with Crippen LogP contribution in [0.4, 0.5) is 13.2 Å². The molecule has 176 valence electrons. The zero-order chi connectivity index (χ0) is 24.2. The van der Waals surface area contributed by atoms with Gasteiger partial charge in [0.1, 0.15) is 17.8 Å². The quantitative estimate of drug-likeness (QED) is 0.472. The third-order valence-electron chi connectivity index (χ3n) is 4.48. The lowest BCUT2D eigenvalue weighted by Gasteiger charge is -2.24. The molecule has 11 heteroatoms. The van der Waals surface area contributed by atoms with Crippen molar-refractivity contribution in [3.8, 4) is 17.2 Å². The van der Waals surface area contributed by atoms with E-state index in [9.17, 15) is 22.8 Å². The van der Waals surface area contributed by atoms with Crippen molar-refractivity contribution in [2.45, 2.75) is 39.3 Å².